The van der Waals surface area contributed by atoms with Crippen molar-refractivity contribution in [1.29, 1.82) is 0 Å². The molecule has 0 aliphatic heterocycles. The molecule has 0 aliphatic carbocycles. The van der Waals surface area contributed by atoms with Gasteiger partial charge in [0.15, 0.2) is 0 Å². The zero-order chi connectivity index (χ0) is 13.5. The van der Waals surface area contributed by atoms with Gasteiger partial charge in [0.1, 0.15) is 0 Å². The van der Waals surface area contributed by atoms with Gasteiger partial charge in [-0.05, 0) is 18.1 Å². The molecular weight excluding hydrogens is 254 g/mol. The topological polar surface area (TPSA) is 66.4 Å². The Morgan fingerprint density at radius 2 is 2.06 bits per heavy atom. The van der Waals surface area contributed by atoms with Crippen LogP contribution in [0.4, 0.5) is 0 Å². The number of halogens is 1. The van der Waals surface area contributed by atoms with Gasteiger partial charge in [0.25, 0.3) is 5.91 Å². The van der Waals surface area contributed by atoms with E-state index < -0.39 is 5.97 Å². The monoisotopic (exact) mass is 269 g/mol. The summed E-state index contributed by atoms with van der Waals surface area (Å²) in [5.74, 6) is -1.19. The summed E-state index contributed by atoms with van der Waals surface area (Å²) in [4.78, 5) is 22.4. The van der Waals surface area contributed by atoms with Crippen LogP contribution in [0.25, 0.3) is 0 Å². The van der Waals surface area contributed by atoms with E-state index in [1.165, 1.54) is 0 Å². The van der Waals surface area contributed by atoms with Gasteiger partial charge in [-0.1, -0.05) is 37.1 Å². The first-order chi connectivity index (χ1) is 8.54. The SMILES string of the molecule is CCC(CNC(=O)c1ccccc1Cl)CC(=O)O. The van der Waals surface area contributed by atoms with E-state index in [2.05, 4.69) is 5.32 Å². The molecule has 0 saturated carbocycles. The maximum Gasteiger partial charge on any atom is 0.303 e. The average molecular weight is 270 g/mol. The molecule has 1 aromatic rings. The minimum atomic E-state index is -0.853. The number of hydrogen-bond donors (Lipinski definition) is 2. The largest absolute Gasteiger partial charge is 0.481 e. The number of carboxylic acids is 1. The number of rotatable bonds is 6. The van der Waals surface area contributed by atoms with E-state index >= 15 is 0 Å². The molecule has 4 nitrogen and oxygen atoms in total. The number of carboxylic acid groups (broad SMARTS) is 1. The second-order valence-electron chi connectivity index (χ2n) is 4.06. The summed E-state index contributed by atoms with van der Waals surface area (Å²) < 4.78 is 0. The van der Waals surface area contributed by atoms with E-state index in [4.69, 9.17) is 16.7 Å². The van der Waals surface area contributed by atoms with Gasteiger partial charge in [-0.15, -0.1) is 0 Å². The van der Waals surface area contributed by atoms with Crippen LogP contribution in [-0.2, 0) is 4.79 Å². The molecule has 2 N–H and O–H groups in total. The van der Waals surface area contributed by atoms with E-state index in [-0.39, 0.29) is 18.2 Å². The number of amides is 1. The lowest BCUT2D eigenvalue weighted by molar-refractivity contribution is -0.138. The van der Waals surface area contributed by atoms with Crippen molar-refractivity contribution in [2.45, 2.75) is 19.8 Å². The maximum absolute atomic E-state index is 11.8. The molecule has 0 fully saturated rings. The fourth-order valence-electron chi connectivity index (χ4n) is 1.59. The number of carbonyl (C=O) groups is 2. The predicted octanol–water partition coefficient (Wildman–Crippen LogP) is 2.57. The van der Waals surface area contributed by atoms with Gasteiger partial charge < -0.3 is 10.4 Å². The van der Waals surface area contributed by atoms with Crippen LogP contribution < -0.4 is 5.32 Å². The first-order valence-electron chi connectivity index (χ1n) is 5.79. The highest BCUT2D eigenvalue weighted by Gasteiger charge is 2.14. The van der Waals surface area contributed by atoms with Gasteiger partial charge >= 0.3 is 5.97 Å². The highest BCUT2D eigenvalue weighted by molar-refractivity contribution is 6.33. The molecule has 98 valence electrons. The molecule has 0 aliphatic rings. The van der Waals surface area contributed by atoms with Crippen molar-refractivity contribution in [3.05, 3.63) is 34.9 Å². The Bertz CT molecular complexity index is 434. The molecule has 1 rings (SSSR count). The summed E-state index contributed by atoms with van der Waals surface area (Å²) in [5, 5.41) is 11.8. The molecule has 0 heterocycles. The van der Waals surface area contributed by atoms with Crippen LogP contribution in [0.3, 0.4) is 0 Å². The van der Waals surface area contributed by atoms with Crippen molar-refractivity contribution in [2.75, 3.05) is 6.54 Å². The molecule has 0 saturated heterocycles. The van der Waals surface area contributed by atoms with E-state index in [0.717, 1.165) is 0 Å². The lowest BCUT2D eigenvalue weighted by atomic mass is 10.0. The lowest BCUT2D eigenvalue weighted by Gasteiger charge is -2.13. The summed E-state index contributed by atoms with van der Waals surface area (Å²) >= 11 is 5.90. The zero-order valence-electron chi connectivity index (χ0n) is 10.1. The van der Waals surface area contributed by atoms with Gasteiger partial charge in [0.05, 0.1) is 10.6 Å². The van der Waals surface area contributed by atoms with Gasteiger partial charge in [-0.2, -0.15) is 0 Å². The Morgan fingerprint density at radius 1 is 1.39 bits per heavy atom. The van der Waals surface area contributed by atoms with E-state index in [0.29, 0.717) is 23.6 Å². The second kappa shape index (κ2) is 7.01. The van der Waals surface area contributed by atoms with Gasteiger partial charge in [0.2, 0.25) is 0 Å². The molecule has 5 heteroatoms. The number of hydrogen-bond acceptors (Lipinski definition) is 2. The van der Waals surface area contributed by atoms with Crippen molar-refractivity contribution >= 4 is 23.5 Å². The van der Waals surface area contributed by atoms with Crippen molar-refractivity contribution < 1.29 is 14.7 Å². The molecule has 0 bridgehead atoms. The molecule has 1 aromatic carbocycles. The summed E-state index contributed by atoms with van der Waals surface area (Å²) in [6.07, 6.45) is 0.758. The Kier molecular flexibility index (Phi) is 5.65. The third-order valence-corrected chi connectivity index (χ3v) is 3.04. The Labute approximate surface area is 111 Å². The van der Waals surface area contributed by atoms with E-state index in [1.807, 2.05) is 6.92 Å². The molecule has 1 amide bonds. The van der Waals surface area contributed by atoms with E-state index in [9.17, 15) is 9.59 Å². The number of benzene rings is 1. The third-order valence-electron chi connectivity index (χ3n) is 2.71. The molecule has 0 aromatic heterocycles. The van der Waals surface area contributed by atoms with Crippen molar-refractivity contribution in [3.63, 3.8) is 0 Å². The summed E-state index contributed by atoms with van der Waals surface area (Å²) in [5.41, 5.74) is 0.407. The van der Waals surface area contributed by atoms with Crippen molar-refractivity contribution in [2.24, 2.45) is 5.92 Å². The molecule has 1 unspecified atom stereocenters. The highest BCUT2D eigenvalue weighted by Crippen LogP contribution is 2.15. The molecule has 0 spiro atoms. The normalized spacial score (nSPS) is 11.9. The molecular formula is C13H16ClNO3. The first-order valence-corrected chi connectivity index (χ1v) is 6.17. The lowest BCUT2D eigenvalue weighted by Crippen LogP contribution is -2.30. The van der Waals surface area contributed by atoms with Crippen LogP contribution in [0.15, 0.2) is 24.3 Å². The molecule has 0 radical (unpaired) electrons. The minimum absolute atomic E-state index is 0.0549. The van der Waals surface area contributed by atoms with Gasteiger partial charge in [0, 0.05) is 13.0 Å². The summed E-state index contributed by atoms with van der Waals surface area (Å²) in [6, 6.07) is 6.76. The number of carbonyl (C=O) groups excluding carboxylic acids is 1. The van der Waals surface area contributed by atoms with Crippen molar-refractivity contribution in [1.82, 2.24) is 5.32 Å². The van der Waals surface area contributed by atoms with Crippen LogP contribution in [0.2, 0.25) is 5.02 Å². The van der Waals surface area contributed by atoms with Crippen LogP contribution in [0.5, 0.6) is 0 Å². The average Bonchev–Trinajstić information content (AvgIpc) is 2.34. The standard InChI is InChI=1S/C13H16ClNO3/c1-2-9(7-12(16)17)8-15-13(18)10-5-3-4-6-11(10)14/h3-6,9H,2,7-8H2,1H3,(H,15,18)(H,16,17). The summed E-state index contributed by atoms with van der Waals surface area (Å²) in [6.45, 7) is 2.24. The van der Waals surface area contributed by atoms with Crippen LogP contribution >= 0.6 is 11.6 Å². The minimum Gasteiger partial charge on any atom is -0.481 e. The predicted molar refractivity (Wildman–Crippen MR) is 69.8 cm³/mol. The van der Waals surface area contributed by atoms with Crippen LogP contribution in [0.1, 0.15) is 30.1 Å². The third kappa shape index (κ3) is 4.37. The van der Waals surface area contributed by atoms with Crippen LogP contribution in [-0.4, -0.2) is 23.5 Å². The Hall–Kier alpha value is -1.55. The fourth-order valence-corrected chi connectivity index (χ4v) is 1.81. The molecule has 18 heavy (non-hydrogen) atoms. The van der Waals surface area contributed by atoms with Crippen molar-refractivity contribution in [3.8, 4) is 0 Å². The van der Waals surface area contributed by atoms with E-state index in [1.54, 1.807) is 24.3 Å². The smallest absolute Gasteiger partial charge is 0.303 e. The maximum atomic E-state index is 11.8. The first kappa shape index (κ1) is 14.5. The zero-order valence-corrected chi connectivity index (χ0v) is 10.9. The summed E-state index contributed by atoms with van der Waals surface area (Å²) in [7, 11) is 0. The number of aliphatic carboxylic acids is 1. The quantitative estimate of drug-likeness (QED) is 0.834. The Morgan fingerprint density at radius 3 is 2.61 bits per heavy atom. The Balaban J connectivity index is 2.55. The van der Waals surface area contributed by atoms with Gasteiger partial charge in [-0.25, -0.2) is 0 Å². The number of nitrogens with one attached hydrogen (secondary N) is 1. The highest BCUT2D eigenvalue weighted by atomic mass is 35.5. The second-order valence-corrected chi connectivity index (χ2v) is 4.47. The van der Waals surface area contributed by atoms with Gasteiger partial charge in [-0.3, -0.25) is 9.59 Å². The fraction of sp³-hybridized carbons (Fsp3) is 0.385. The van der Waals surface area contributed by atoms with Crippen LogP contribution in [0, 0.1) is 5.92 Å². The molecule has 1 atom stereocenters.